The van der Waals surface area contributed by atoms with Gasteiger partial charge in [-0.1, -0.05) is 47.4 Å². The molecule has 0 aliphatic heterocycles. The maximum Gasteiger partial charge on any atom is 0.230 e. The molecule has 0 aliphatic rings. The summed E-state index contributed by atoms with van der Waals surface area (Å²) in [7, 11) is 1.63. The van der Waals surface area contributed by atoms with Crippen molar-refractivity contribution in [1.82, 2.24) is 19.9 Å². The number of thioether (sulfide) groups is 1. The number of rotatable bonds is 6. The van der Waals surface area contributed by atoms with Gasteiger partial charge >= 0.3 is 0 Å². The number of nitrogens with zero attached hydrogens (tertiary/aromatic N) is 3. The Bertz CT molecular complexity index is 1070. The largest absolute Gasteiger partial charge is 0.497 e. The van der Waals surface area contributed by atoms with Crippen molar-refractivity contribution in [3.63, 3.8) is 0 Å². The fourth-order valence-electron chi connectivity index (χ4n) is 2.61. The van der Waals surface area contributed by atoms with Gasteiger partial charge in [-0.05, 0) is 29.8 Å². The number of aromatic nitrogens is 3. The normalized spacial score (nSPS) is 11.1. The Morgan fingerprint density at radius 3 is 3.00 bits per heavy atom. The van der Waals surface area contributed by atoms with E-state index in [1.54, 1.807) is 18.4 Å². The number of benzene rings is 2. The van der Waals surface area contributed by atoms with E-state index in [-0.39, 0.29) is 11.7 Å². The van der Waals surface area contributed by atoms with Crippen LogP contribution in [0.1, 0.15) is 5.56 Å². The second-order valence-electron chi connectivity index (χ2n) is 5.59. The van der Waals surface area contributed by atoms with Gasteiger partial charge in [0.25, 0.3) is 0 Å². The third-order valence-electron chi connectivity index (χ3n) is 3.87. The summed E-state index contributed by atoms with van der Waals surface area (Å²) < 4.78 is 8.35. The summed E-state index contributed by atoms with van der Waals surface area (Å²) in [4.78, 5) is 13.0. The van der Waals surface area contributed by atoms with Crippen molar-refractivity contribution < 1.29 is 9.53 Å². The summed E-state index contributed by atoms with van der Waals surface area (Å²) in [5.41, 5.74) is 2.06. The number of amides is 1. The number of nitrogens with one attached hydrogen (secondary N) is 1. The lowest BCUT2D eigenvalue weighted by Gasteiger charge is -2.06. The number of fused-ring (bicyclic) bond motifs is 3. The lowest BCUT2D eigenvalue weighted by atomic mass is 10.2. The number of hydrogen-bond donors (Lipinski definition) is 1. The lowest BCUT2D eigenvalue weighted by Crippen LogP contribution is -2.24. The molecule has 6 nitrogen and oxygen atoms in total. The van der Waals surface area contributed by atoms with E-state index in [1.807, 2.05) is 46.9 Å². The van der Waals surface area contributed by atoms with Crippen molar-refractivity contribution in [2.75, 3.05) is 12.9 Å². The molecule has 26 heavy (non-hydrogen) atoms. The summed E-state index contributed by atoms with van der Waals surface area (Å²) >= 11 is 2.98. The number of ether oxygens (including phenoxy) is 1. The first-order valence-corrected chi connectivity index (χ1v) is 9.80. The predicted octanol–water partition coefficient (Wildman–Crippen LogP) is 3.36. The van der Waals surface area contributed by atoms with Crippen LogP contribution in [-0.2, 0) is 11.3 Å². The summed E-state index contributed by atoms with van der Waals surface area (Å²) in [6.45, 7) is 0.465. The Kier molecular flexibility index (Phi) is 4.77. The second-order valence-corrected chi connectivity index (χ2v) is 7.54. The fraction of sp³-hybridized carbons (Fsp3) is 0.167. The Morgan fingerprint density at radius 1 is 1.23 bits per heavy atom. The summed E-state index contributed by atoms with van der Waals surface area (Å²) in [6.07, 6.45) is 0. The number of carbonyl (C=O) groups is 1. The third kappa shape index (κ3) is 3.38. The molecular formula is C18H16N4O2S2. The van der Waals surface area contributed by atoms with Gasteiger partial charge in [-0.15, -0.1) is 10.2 Å². The average molecular weight is 384 g/mol. The Morgan fingerprint density at radius 2 is 2.12 bits per heavy atom. The summed E-state index contributed by atoms with van der Waals surface area (Å²) in [5, 5.41) is 12.1. The average Bonchev–Trinajstić information content (AvgIpc) is 3.24. The van der Waals surface area contributed by atoms with E-state index >= 15 is 0 Å². The Labute approximate surface area is 158 Å². The van der Waals surface area contributed by atoms with Crippen LogP contribution in [-0.4, -0.2) is 33.4 Å². The van der Waals surface area contributed by atoms with Gasteiger partial charge in [0.1, 0.15) is 5.75 Å². The van der Waals surface area contributed by atoms with Crippen LogP contribution in [0.5, 0.6) is 5.75 Å². The molecule has 0 bridgehead atoms. The van der Waals surface area contributed by atoms with E-state index in [4.69, 9.17) is 4.74 Å². The zero-order valence-corrected chi connectivity index (χ0v) is 15.6. The minimum atomic E-state index is -0.0471. The number of methoxy groups -OCH3 is 1. The fourth-order valence-corrected chi connectivity index (χ4v) is 4.41. The molecule has 0 atom stereocenters. The van der Waals surface area contributed by atoms with Crippen molar-refractivity contribution in [1.29, 1.82) is 0 Å². The molecule has 2 aromatic heterocycles. The molecule has 0 saturated carbocycles. The second kappa shape index (κ2) is 7.35. The first-order chi connectivity index (χ1) is 12.7. The molecule has 0 fully saturated rings. The van der Waals surface area contributed by atoms with Crippen molar-refractivity contribution in [3.05, 3.63) is 54.1 Å². The maximum atomic E-state index is 12.2. The highest BCUT2D eigenvalue weighted by Crippen LogP contribution is 2.29. The zero-order chi connectivity index (χ0) is 17.9. The van der Waals surface area contributed by atoms with Crippen LogP contribution in [0.3, 0.4) is 0 Å². The first-order valence-electron chi connectivity index (χ1n) is 7.99. The topological polar surface area (TPSA) is 68.5 Å². The molecule has 2 heterocycles. The number of para-hydroxylation sites is 1. The molecule has 0 aliphatic carbocycles. The molecule has 0 saturated heterocycles. The summed E-state index contributed by atoms with van der Waals surface area (Å²) in [6, 6.07) is 15.7. The molecule has 2 aromatic carbocycles. The van der Waals surface area contributed by atoms with Gasteiger partial charge in [-0.25, -0.2) is 0 Å². The lowest BCUT2D eigenvalue weighted by molar-refractivity contribution is -0.118. The van der Waals surface area contributed by atoms with Crippen molar-refractivity contribution in [2.24, 2.45) is 0 Å². The number of thiazole rings is 1. The smallest absolute Gasteiger partial charge is 0.230 e. The molecule has 1 N–H and O–H groups in total. The molecule has 132 valence electrons. The van der Waals surface area contributed by atoms with Crippen LogP contribution in [0, 0.1) is 0 Å². The first kappa shape index (κ1) is 16.9. The van der Waals surface area contributed by atoms with Crippen molar-refractivity contribution in [2.45, 2.75) is 11.7 Å². The standard InChI is InChI=1S/C18H16N4O2S2/c1-24-13-6-4-5-12(9-13)10-19-16(23)11-25-17-20-21-18-22(17)14-7-2-3-8-15(14)26-18/h2-9H,10-11H2,1H3,(H,19,23). The quantitative estimate of drug-likeness (QED) is 0.516. The van der Waals surface area contributed by atoms with Crippen LogP contribution in [0.15, 0.2) is 53.7 Å². The van der Waals surface area contributed by atoms with Crippen molar-refractivity contribution >= 4 is 44.2 Å². The van der Waals surface area contributed by atoms with Gasteiger partial charge in [-0.3, -0.25) is 9.20 Å². The van der Waals surface area contributed by atoms with Crippen LogP contribution in [0.4, 0.5) is 0 Å². The molecule has 1 amide bonds. The highest BCUT2D eigenvalue weighted by Gasteiger charge is 2.13. The summed E-state index contributed by atoms with van der Waals surface area (Å²) in [5.74, 6) is 1.02. The monoisotopic (exact) mass is 384 g/mol. The van der Waals surface area contributed by atoms with Crippen molar-refractivity contribution in [3.8, 4) is 5.75 Å². The van der Waals surface area contributed by atoms with E-state index in [1.165, 1.54) is 11.8 Å². The van der Waals surface area contributed by atoms with E-state index in [0.717, 1.165) is 31.6 Å². The number of carbonyl (C=O) groups excluding carboxylic acids is 1. The van der Waals surface area contributed by atoms with E-state index in [9.17, 15) is 4.79 Å². The minimum Gasteiger partial charge on any atom is -0.497 e. The van der Waals surface area contributed by atoms with Crippen LogP contribution in [0.25, 0.3) is 15.2 Å². The highest BCUT2D eigenvalue weighted by atomic mass is 32.2. The molecule has 0 unspecified atom stereocenters. The van der Waals surface area contributed by atoms with Crippen LogP contribution in [0.2, 0.25) is 0 Å². The highest BCUT2D eigenvalue weighted by molar-refractivity contribution is 7.99. The SMILES string of the molecule is COc1cccc(CNC(=O)CSc2nnc3sc4ccccc4n23)c1. The number of hydrogen-bond acceptors (Lipinski definition) is 6. The van der Waals surface area contributed by atoms with Crippen LogP contribution < -0.4 is 10.1 Å². The Balaban J connectivity index is 1.40. The van der Waals surface area contributed by atoms with Gasteiger partial charge in [0.2, 0.25) is 10.9 Å². The van der Waals surface area contributed by atoms with Gasteiger partial charge in [0.05, 0.1) is 23.1 Å². The van der Waals surface area contributed by atoms with Gasteiger partial charge in [0.15, 0.2) is 5.16 Å². The molecular weight excluding hydrogens is 368 g/mol. The zero-order valence-electron chi connectivity index (χ0n) is 14.0. The van der Waals surface area contributed by atoms with E-state index in [2.05, 4.69) is 21.6 Å². The van der Waals surface area contributed by atoms with E-state index in [0.29, 0.717) is 6.54 Å². The third-order valence-corrected chi connectivity index (χ3v) is 5.81. The maximum absolute atomic E-state index is 12.2. The Hall–Kier alpha value is -2.58. The molecule has 0 spiro atoms. The molecule has 0 radical (unpaired) electrons. The minimum absolute atomic E-state index is 0.0471. The van der Waals surface area contributed by atoms with E-state index < -0.39 is 0 Å². The molecule has 4 aromatic rings. The molecule has 8 heteroatoms. The van der Waals surface area contributed by atoms with Gasteiger partial charge in [-0.2, -0.15) is 0 Å². The predicted molar refractivity (Wildman–Crippen MR) is 104 cm³/mol. The van der Waals surface area contributed by atoms with Crippen LogP contribution >= 0.6 is 23.1 Å². The van der Waals surface area contributed by atoms with Gasteiger partial charge < -0.3 is 10.1 Å². The molecule has 4 rings (SSSR count). The van der Waals surface area contributed by atoms with Gasteiger partial charge in [0, 0.05) is 6.54 Å².